The van der Waals surface area contributed by atoms with Crippen LogP contribution in [0.1, 0.15) is 85.0 Å². The van der Waals surface area contributed by atoms with E-state index >= 15 is 0 Å². The second-order valence-corrected chi connectivity index (χ2v) is 11.9. The molecule has 2 saturated heterocycles. The van der Waals surface area contributed by atoms with E-state index in [1.165, 1.54) is 16.7 Å². The highest BCUT2D eigenvalue weighted by Crippen LogP contribution is 2.23. The van der Waals surface area contributed by atoms with Crippen molar-refractivity contribution in [1.82, 2.24) is 31.1 Å². The average molecular weight is 665 g/mol. The highest BCUT2D eigenvalue weighted by Gasteiger charge is 2.41. The molecule has 0 aromatic rings. The van der Waals surface area contributed by atoms with E-state index in [1.807, 2.05) is 6.92 Å². The maximum Gasteiger partial charge on any atom is 0.245 e. The standard InChI is InChI=1S/C30H52N10O7/c1-4-9-19(36-18(3)41)25(43)37-21(13-14-24(31)42)29(47)40-17-8-12-23(40)27(45)38-20(10-6-15-35-30(32)33)28(46)39-16-7-11-22(39)26(44)34-5-2/h19-23H,4-17H2,1-3H3,(H2,31,42)(H,34,44)(H,36,41)(H,37,43)(H,38,45)(H4,32,33,35)/t19-,20+,21+,22+,23+/m1/s1. The minimum absolute atomic E-state index is 0.105. The van der Waals surface area contributed by atoms with Gasteiger partial charge in [0, 0.05) is 39.5 Å². The van der Waals surface area contributed by atoms with Crippen LogP contribution in [-0.2, 0) is 33.6 Å². The Morgan fingerprint density at radius 3 is 1.85 bits per heavy atom. The van der Waals surface area contributed by atoms with Crippen LogP contribution in [0.3, 0.4) is 0 Å². The van der Waals surface area contributed by atoms with E-state index in [0.29, 0.717) is 58.0 Å². The van der Waals surface area contributed by atoms with Crippen LogP contribution in [0.2, 0.25) is 0 Å². The second-order valence-electron chi connectivity index (χ2n) is 11.9. The highest BCUT2D eigenvalue weighted by molar-refractivity contribution is 5.97. The molecule has 264 valence electrons. The minimum atomic E-state index is -1.18. The molecular weight excluding hydrogens is 612 g/mol. The summed E-state index contributed by atoms with van der Waals surface area (Å²) in [6, 6.07) is -4.70. The number of likely N-dealkylation sites (tertiary alicyclic amines) is 2. The predicted octanol–water partition coefficient (Wildman–Crippen LogP) is -2.30. The number of rotatable bonds is 18. The Kier molecular flexibility index (Phi) is 15.9. The van der Waals surface area contributed by atoms with Gasteiger partial charge in [-0.2, -0.15) is 0 Å². The smallest absolute Gasteiger partial charge is 0.245 e. The summed E-state index contributed by atoms with van der Waals surface area (Å²) >= 11 is 0. The van der Waals surface area contributed by atoms with E-state index in [4.69, 9.17) is 17.2 Å². The maximum absolute atomic E-state index is 13.8. The van der Waals surface area contributed by atoms with Crippen LogP contribution < -0.4 is 38.5 Å². The molecule has 7 amide bonds. The fourth-order valence-electron chi connectivity index (χ4n) is 5.95. The summed E-state index contributed by atoms with van der Waals surface area (Å²) in [6.45, 7) is 6.10. The number of hydrogen-bond donors (Lipinski definition) is 7. The first-order chi connectivity index (χ1) is 22.3. The Labute approximate surface area is 275 Å². The number of guanidine groups is 1. The molecule has 2 heterocycles. The molecule has 5 atom stereocenters. The summed E-state index contributed by atoms with van der Waals surface area (Å²) in [4.78, 5) is 97.2. The third kappa shape index (κ3) is 12.0. The molecule has 17 nitrogen and oxygen atoms in total. The molecule has 17 heteroatoms. The molecule has 2 aliphatic rings. The molecule has 0 radical (unpaired) electrons. The van der Waals surface area contributed by atoms with E-state index in [-0.39, 0.29) is 44.2 Å². The Balaban J connectivity index is 2.27. The Hall–Kier alpha value is -4.44. The third-order valence-electron chi connectivity index (χ3n) is 8.15. The van der Waals surface area contributed by atoms with Crippen molar-refractivity contribution in [3.05, 3.63) is 0 Å². The Morgan fingerprint density at radius 2 is 1.34 bits per heavy atom. The molecule has 0 bridgehead atoms. The number of carbonyl (C=O) groups excluding carboxylic acids is 7. The Morgan fingerprint density at radius 1 is 0.766 bits per heavy atom. The molecule has 10 N–H and O–H groups in total. The molecule has 0 saturated carbocycles. The number of amides is 7. The van der Waals surface area contributed by atoms with Gasteiger partial charge in [-0.3, -0.25) is 38.6 Å². The van der Waals surface area contributed by atoms with Crippen LogP contribution in [0.5, 0.6) is 0 Å². The van der Waals surface area contributed by atoms with Crippen LogP contribution in [0.15, 0.2) is 4.99 Å². The molecule has 0 spiro atoms. The predicted molar refractivity (Wildman–Crippen MR) is 173 cm³/mol. The van der Waals surface area contributed by atoms with Crippen molar-refractivity contribution in [2.75, 3.05) is 26.2 Å². The molecule has 2 fully saturated rings. The third-order valence-corrected chi connectivity index (χ3v) is 8.15. The number of aliphatic imine (C=N–C) groups is 1. The van der Waals surface area contributed by atoms with Crippen molar-refractivity contribution in [1.29, 1.82) is 0 Å². The zero-order valence-electron chi connectivity index (χ0n) is 27.7. The summed E-state index contributed by atoms with van der Waals surface area (Å²) in [5.74, 6) is -3.61. The second kappa shape index (κ2) is 19.3. The lowest BCUT2D eigenvalue weighted by Gasteiger charge is -2.32. The van der Waals surface area contributed by atoms with Crippen LogP contribution >= 0.6 is 0 Å². The molecule has 0 unspecified atom stereocenters. The summed E-state index contributed by atoms with van der Waals surface area (Å²) < 4.78 is 0. The van der Waals surface area contributed by atoms with Gasteiger partial charge in [-0.05, 0) is 58.3 Å². The lowest BCUT2D eigenvalue weighted by atomic mass is 10.1. The first-order valence-electron chi connectivity index (χ1n) is 16.4. The lowest BCUT2D eigenvalue weighted by Crippen LogP contribution is -2.58. The molecule has 0 aromatic heterocycles. The van der Waals surface area contributed by atoms with Crippen molar-refractivity contribution in [3.8, 4) is 0 Å². The fraction of sp³-hybridized carbons (Fsp3) is 0.733. The fourth-order valence-corrected chi connectivity index (χ4v) is 5.95. The van der Waals surface area contributed by atoms with Crippen molar-refractivity contribution < 1.29 is 33.6 Å². The van der Waals surface area contributed by atoms with Gasteiger partial charge in [0.25, 0.3) is 0 Å². The zero-order valence-corrected chi connectivity index (χ0v) is 27.7. The highest BCUT2D eigenvalue weighted by atomic mass is 16.2. The number of nitrogens with one attached hydrogen (secondary N) is 4. The number of nitrogens with two attached hydrogens (primary N) is 3. The molecular formula is C30H52N10O7. The maximum atomic E-state index is 13.8. The molecule has 0 aromatic carbocycles. The number of likely N-dealkylation sites (N-methyl/N-ethyl adjacent to an activating group) is 1. The quantitative estimate of drug-likeness (QED) is 0.0471. The van der Waals surface area contributed by atoms with E-state index in [9.17, 15) is 33.6 Å². The largest absolute Gasteiger partial charge is 0.370 e. The molecule has 47 heavy (non-hydrogen) atoms. The first kappa shape index (κ1) is 38.7. The summed E-state index contributed by atoms with van der Waals surface area (Å²) in [5, 5.41) is 10.8. The van der Waals surface area contributed by atoms with Crippen molar-refractivity contribution in [2.24, 2.45) is 22.2 Å². The first-order valence-corrected chi connectivity index (χ1v) is 16.4. The van der Waals surface area contributed by atoms with Gasteiger partial charge in [0.2, 0.25) is 41.4 Å². The molecule has 0 aliphatic carbocycles. The summed E-state index contributed by atoms with van der Waals surface area (Å²) in [7, 11) is 0. The summed E-state index contributed by atoms with van der Waals surface area (Å²) in [6.07, 6.45) is 3.06. The van der Waals surface area contributed by atoms with Crippen LogP contribution in [0.25, 0.3) is 0 Å². The van der Waals surface area contributed by atoms with Gasteiger partial charge < -0.3 is 48.3 Å². The van der Waals surface area contributed by atoms with E-state index < -0.39 is 65.7 Å². The van der Waals surface area contributed by atoms with Crippen molar-refractivity contribution >= 4 is 47.3 Å². The normalized spacial score (nSPS) is 19.2. The summed E-state index contributed by atoms with van der Waals surface area (Å²) in [5.41, 5.74) is 16.2. The molecule has 2 aliphatic heterocycles. The van der Waals surface area contributed by atoms with E-state index in [1.54, 1.807) is 6.92 Å². The number of nitrogens with zero attached hydrogens (tertiary/aromatic N) is 3. The number of primary amides is 1. The van der Waals surface area contributed by atoms with Gasteiger partial charge >= 0.3 is 0 Å². The molecule has 2 rings (SSSR count). The van der Waals surface area contributed by atoms with E-state index in [0.717, 1.165) is 0 Å². The van der Waals surface area contributed by atoms with Crippen molar-refractivity contribution in [3.63, 3.8) is 0 Å². The number of carbonyl (C=O) groups is 7. The van der Waals surface area contributed by atoms with E-state index in [2.05, 4.69) is 26.3 Å². The lowest BCUT2D eigenvalue weighted by molar-refractivity contribution is -0.144. The van der Waals surface area contributed by atoms with Gasteiger partial charge in [-0.15, -0.1) is 0 Å². The average Bonchev–Trinajstić information content (AvgIpc) is 3.70. The monoisotopic (exact) mass is 664 g/mol. The van der Waals surface area contributed by atoms with Gasteiger partial charge in [-0.25, -0.2) is 0 Å². The van der Waals surface area contributed by atoms with Gasteiger partial charge in [0.05, 0.1) is 0 Å². The number of hydrogen-bond acceptors (Lipinski definition) is 8. The Bertz CT molecular complexity index is 1180. The SMILES string of the molecule is CCC[C@@H](NC(C)=O)C(=O)N[C@@H](CCC(N)=O)C(=O)N1CCC[C@H]1C(=O)N[C@@H](CCCN=C(N)N)C(=O)N1CCC[C@H]1C(=O)NCC. The zero-order chi connectivity index (χ0) is 35.1. The van der Waals surface area contributed by atoms with Gasteiger partial charge in [0.1, 0.15) is 30.2 Å². The van der Waals surface area contributed by atoms with Crippen LogP contribution in [0.4, 0.5) is 0 Å². The minimum Gasteiger partial charge on any atom is -0.370 e. The van der Waals surface area contributed by atoms with Gasteiger partial charge in [-0.1, -0.05) is 13.3 Å². The topological polar surface area (TPSA) is 265 Å². The van der Waals surface area contributed by atoms with Crippen molar-refractivity contribution in [2.45, 2.75) is 115 Å². The van der Waals surface area contributed by atoms with Crippen LogP contribution in [0, 0.1) is 0 Å². The van der Waals surface area contributed by atoms with Crippen LogP contribution in [-0.4, -0.2) is 113 Å². The van der Waals surface area contributed by atoms with Gasteiger partial charge in [0.15, 0.2) is 5.96 Å².